The summed E-state index contributed by atoms with van der Waals surface area (Å²) in [6.07, 6.45) is 6.73. The van der Waals surface area contributed by atoms with Gasteiger partial charge in [0.2, 0.25) is 5.91 Å². The van der Waals surface area contributed by atoms with Crippen molar-refractivity contribution in [3.63, 3.8) is 0 Å². The van der Waals surface area contributed by atoms with Gasteiger partial charge in [-0.2, -0.15) is 0 Å². The van der Waals surface area contributed by atoms with Gasteiger partial charge in [0.1, 0.15) is 24.0 Å². The lowest BCUT2D eigenvalue weighted by Crippen LogP contribution is -2.37. The maximum absolute atomic E-state index is 14.0. The van der Waals surface area contributed by atoms with Gasteiger partial charge < -0.3 is 33.9 Å². The summed E-state index contributed by atoms with van der Waals surface area (Å²) in [6, 6.07) is 33.9. The van der Waals surface area contributed by atoms with Crippen molar-refractivity contribution in [3.8, 4) is 28.7 Å². The van der Waals surface area contributed by atoms with Gasteiger partial charge in [0.25, 0.3) is 11.8 Å². The highest BCUT2D eigenvalue weighted by molar-refractivity contribution is 8.76. The maximum atomic E-state index is 14.0. The normalized spacial score (nSPS) is 14.2. The summed E-state index contributed by atoms with van der Waals surface area (Å²) in [5, 5.41) is 3.93. The summed E-state index contributed by atoms with van der Waals surface area (Å²) in [5.41, 5.74) is 7.15. The van der Waals surface area contributed by atoms with Gasteiger partial charge in [-0.15, -0.1) is 0 Å². The lowest BCUT2D eigenvalue weighted by atomic mass is 10.1. The number of aliphatic imine (C=N–C) groups is 2. The number of ether oxygens (including phenoxy) is 5. The molecule has 1 atom stereocenters. The number of methoxy groups -OCH3 is 2. The maximum Gasteiger partial charge on any atom is 0.261 e. The third kappa shape index (κ3) is 10.9. The Hall–Kier alpha value is -7.30. The molecule has 3 aliphatic rings. The molecule has 70 heavy (non-hydrogen) atoms. The predicted octanol–water partition coefficient (Wildman–Crippen LogP) is 10.2. The van der Waals surface area contributed by atoms with Crippen LogP contribution in [0.3, 0.4) is 0 Å². The number of rotatable bonds is 21. The molecule has 6 aromatic rings. The SMILES string of the molecule is C=Nc1cc(OCc2cc(COc3cc4c(cc3OC)C(=O)N3c5ccccc5C[C@H]3C=N4)cc(OCCCCC(=O)NCCSSc3ccccn3)c2)c(OC)cc1C(=O)N1CCc2ccccc21. The summed E-state index contributed by atoms with van der Waals surface area (Å²) in [6.45, 7) is 5.49. The summed E-state index contributed by atoms with van der Waals surface area (Å²) in [5.74, 6) is 2.56. The molecule has 0 unspecified atom stereocenters. The molecule has 0 saturated carbocycles. The van der Waals surface area contributed by atoms with Crippen molar-refractivity contribution in [2.75, 3.05) is 49.5 Å². The molecule has 3 aliphatic heterocycles. The Morgan fingerprint density at radius 1 is 0.814 bits per heavy atom. The van der Waals surface area contributed by atoms with Crippen LogP contribution in [0.1, 0.15) is 62.2 Å². The van der Waals surface area contributed by atoms with Gasteiger partial charge in [-0.3, -0.25) is 29.3 Å². The van der Waals surface area contributed by atoms with Gasteiger partial charge in [0.15, 0.2) is 23.0 Å². The highest BCUT2D eigenvalue weighted by Gasteiger charge is 2.36. The molecule has 5 aromatic carbocycles. The molecule has 0 radical (unpaired) electrons. The molecule has 0 aliphatic carbocycles. The van der Waals surface area contributed by atoms with Crippen molar-refractivity contribution >= 4 is 75.0 Å². The van der Waals surface area contributed by atoms with Gasteiger partial charge in [0.05, 0.1) is 49.4 Å². The molecular formula is C54H52N6O8S2. The average molecular weight is 977 g/mol. The van der Waals surface area contributed by atoms with E-state index < -0.39 is 0 Å². The van der Waals surface area contributed by atoms with Crippen LogP contribution in [0.4, 0.5) is 22.7 Å². The van der Waals surface area contributed by atoms with E-state index in [9.17, 15) is 14.4 Å². The molecule has 14 nitrogen and oxygen atoms in total. The number of amides is 3. The van der Waals surface area contributed by atoms with Gasteiger partial charge in [0, 0.05) is 67.6 Å². The van der Waals surface area contributed by atoms with Crippen LogP contribution >= 0.6 is 21.6 Å². The molecule has 4 heterocycles. The number of unbranched alkanes of at least 4 members (excludes halogenated alkanes) is 1. The van der Waals surface area contributed by atoms with Crippen molar-refractivity contribution < 1.29 is 38.1 Å². The number of aromatic nitrogens is 1. The van der Waals surface area contributed by atoms with Crippen LogP contribution in [-0.2, 0) is 30.8 Å². The van der Waals surface area contributed by atoms with Gasteiger partial charge in [-0.05, 0) is 114 Å². The Morgan fingerprint density at radius 2 is 1.54 bits per heavy atom. The highest BCUT2D eigenvalue weighted by atomic mass is 33.1. The van der Waals surface area contributed by atoms with Crippen molar-refractivity contribution in [1.29, 1.82) is 0 Å². The molecule has 1 aromatic heterocycles. The fraction of sp³-hybridized carbons (Fsp3) is 0.259. The number of carbonyl (C=O) groups excluding carboxylic acids is 3. The average Bonchev–Trinajstić information content (AvgIpc) is 3.97. The largest absolute Gasteiger partial charge is 0.494 e. The molecule has 9 rings (SSSR count). The fourth-order valence-corrected chi connectivity index (χ4v) is 10.5. The van der Waals surface area contributed by atoms with Crippen LogP contribution in [0.2, 0.25) is 0 Å². The standard InChI is InChI=1S/C54H52N6O8S2/c1-55-43-30-49(47(64-2)28-41(43)53(62)59-21-18-37-12-4-6-14-45(37)59)67-33-35-24-36(26-40(25-35)66-22-11-9-16-51(61)56-20-23-69-70-52-17-8-10-19-57-52)34-68-50-31-44-42(29-48(50)65-3)54(63)60-39(32-58-44)27-38-13-5-7-15-46(38)60/h4-8,10,12-15,17,19,24-26,28-32,39H,1,9,11,16,18,20-23,27,33-34H2,2-3H3,(H,56,61)/t39-/m0/s1. The zero-order valence-corrected chi connectivity index (χ0v) is 40.6. The minimum absolute atomic E-state index is 0.0000139. The summed E-state index contributed by atoms with van der Waals surface area (Å²) in [7, 11) is 6.31. The lowest BCUT2D eigenvalue weighted by molar-refractivity contribution is -0.121. The number of para-hydroxylation sites is 2. The minimum Gasteiger partial charge on any atom is -0.494 e. The van der Waals surface area contributed by atoms with Gasteiger partial charge in [-0.25, -0.2) is 4.98 Å². The van der Waals surface area contributed by atoms with E-state index in [0.29, 0.717) is 96.6 Å². The second-order valence-corrected chi connectivity index (χ2v) is 19.1. The quantitative estimate of drug-likeness (QED) is 0.0417. The van der Waals surface area contributed by atoms with Crippen molar-refractivity contribution in [1.82, 2.24) is 10.3 Å². The van der Waals surface area contributed by atoms with Gasteiger partial charge >= 0.3 is 0 Å². The first-order chi connectivity index (χ1) is 34.3. The summed E-state index contributed by atoms with van der Waals surface area (Å²) < 4.78 is 30.7. The third-order valence-electron chi connectivity index (χ3n) is 12.1. The van der Waals surface area contributed by atoms with Crippen molar-refractivity contribution in [2.45, 2.75) is 56.4 Å². The minimum atomic E-state index is -0.200. The fourth-order valence-electron chi connectivity index (χ4n) is 8.70. The zero-order valence-electron chi connectivity index (χ0n) is 38.9. The molecule has 0 saturated heterocycles. The number of benzene rings is 5. The van der Waals surface area contributed by atoms with E-state index in [1.54, 1.807) is 69.0 Å². The van der Waals surface area contributed by atoms with Crippen molar-refractivity contribution in [2.24, 2.45) is 9.98 Å². The molecule has 0 spiro atoms. The molecule has 16 heteroatoms. The number of hydrogen-bond acceptors (Lipinski definition) is 13. The van der Waals surface area contributed by atoms with E-state index in [0.717, 1.165) is 50.8 Å². The van der Waals surface area contributed by atoms with E-state index in [2.05, 4.69) is 22.0 Å². The Labute approximate surface area is 414 Å². The molecule has 0 bridgehead atoms. The van der Waals surface area contributed by atoms with Crippen LogP contribution in [0.5, 0.6) is 28.7 Å². The zero-order chi connectivity index (χ0) is 48.4. The lowest BCUT2D eigenvalue weighted by Gasteiger charge is -2.22. The van der Waals surface area contributed by atoms with Gasteiger partial charge in [-0.1, -0.05) is 53.3 Å². The number of pyridine rings is 1. The third-order valence-corrected chi connectivity index (χ3v) is 14.4. The van der Waals surface area contributed by atoms with Crippen LogP contribution < -0.4 is 38.8 Å². The Balaban J connectivity index is 0.885. The van der Waals surface area contributed by atoms with Crippen LogP contribution in [0, 0.1) is 0 Å². The molecule has 0 fully saturated rings. The van der Waals surface area contributed by atoms with E-state index in [4.69, 9.17) is 28.7 Å². The van der Waals surface area contributed by atoms with Crippen molar-refractivity contribution in [3.05, 3.63) is 149 Å². The molecule has 358 valence electrons. The first kappa shape index (κ1) is 47.8. The van der Waals surface area contributed by atoms with E-state index in [1.165, 1.54) is 7.11 Å². The number of nitrogens with one attached hydrogen (secondary N) is 1. The molecule has 3 amide bonds. The first-order valence-electron chi connectivity index (χ1n) is 23.0. The number of anilines is 2. The molecular weight excluding hydrogens is 925 g/mol. The number of hydrogen-bond donors (Lipinski definition) is 1. The van der Waals surface area contributed by atoms with E-state index in [1.807, 2.05) is 91.1 Å². The number of fused-ring (bicyclic) bond motifs is 5. The Bertz CT molecular complexity index is 2930. The number of nitrogens with zero attached hydrogens (tertiary/aromatic N) is 5. The van der Waals surface area contributed by atoms with E-state index in [-0.39, 0.29) is 37.0 Å². The monoisotopic (exact) mass is 976 g/mol. The first-order valence-corrected chi connectivity index (χ1v) is 25.4. The summed E-state index contributed by atoms with van der Waals surface area (Å²) >= 11 is 0. The van der Waals surface area contributed by atoms with Crippen LogP contribution in [0.15, 0.2) is 130 Å². The Morgan fingerprint density at radius 3 is 2.30 bits per heavy atom. The summed E-state index contributed by atoms with van der Waals surface area (Å²) in [4.78, 5) is 57.4. The van der Waals surface area contributed by atoms with Crippen LogP contribution in [-0.4, -0.2) is 81.3 Å². The second-order valence-electron chi connectivity index (χ2n) is 16.7. The highest BCUT2D eigenvalue weighted by Crippen LogP contribution is 2.42. The Kier molecular flexibility index (Phi) is 15.3. The second kappa shape index (κ2) is 22.4. The topological polar surface area (TPSA) is 153 Å². The van der Waals surface area contributed by atoms with E-state index >= 15 is 0 Å². The van der Waals surface area contributed by atoms with Crippen LogP contribution in [0.25, 0.3) is 0 Å². The number of carbonyl (C=O) groups is 3. The molecule has 1 N–H and O–H groups in total. The smallest absolute Gasteiger partial charge is 0.261 e. The predicted molar refractivity (Wildman–Crippen MR) is 276 cm³/mol.